The predicted octanol–water partition coefficient (Wildman–Crippen LogP) is 1.79. The van der Waals surface area contributed by atoms with Gasteiger partial charge in [-0.3, -0.25) is 19.3 Å². The molecule has 2 saturated heterocycles. The SMILES string of the molecule is COc1ccccc1N1CCN(CC(=O)N2CCNC(=O)[C@@H]2CC(=O)Nc2ccc(C)c(C)c2)CC1. The average Bonchev–Trinajstić information content (AvgIpc) is 2.88. The van der Waals surface area contributed by atoms with Gasteiger partial charge in [-0.15, -0.1) is 0 Å². The number of nitrogens with zero attached hydrogens (tertiary/aromatic N) is 3. The quantitative estimate of drug-likeness (QED) is 0.611. The summed E-state index contributed by atoms with van der Waals surface area (Å²) in [6.07, 6.45) is -0.0773. The van der Waals surface area contributed by atoms with Crippen molar-refractivity contribution in [1.29, 1.82) is 0 Å². The molecule has 1 atom stereocenters. The van der Waals surface area contributed by atoms with Crippen LogP contribution in [0.2, 0.25) is 0 Å². The van der Waals surface area contributed by atoms with Crippen molar-refractivity contribution < 1.29 is 19.1 Å². The van der Waals surface area contributed by atoms with E-state index in [0.717, 1.165) is 48.7 Å². The molecule has 36 heavy (non-hydrogen) atoms. The third-order valence-electron chi connectivity index (χ3n) is 6.98. The highest BCUT2D eigenvalue weighted by atomic mass is 16.5. The van der Waals surface area contributed by atoms with E-state index in [1.165, 1.54) is 0 Å². The van der Waals surface area contributed by atoms with E-state index in [4.69, 9.17) is 4.74 Å². The monoisotopic (exact) mass is 493 g/mol. The molecule has 192 valence electrons. The number of carbonyl (C=O) groups excluding carboxylic acids is 3. The van der Waals surface area contributed by atoms with Gasteiger partial charge in [0.25, 0.3) is 0 Å². The Morgan fingerprint density at radius 2 is 1.78 bits per heavy atom. The number of piperazine rings is 2. The number of ether oxygens (including phenoxy) is 1. The third-order valence-corrected chi connectivity index (χ3v) is 6.98. The largest absolute Gasteiger partial charge is 0.495 e. The number of methoxy groups -OCH3 is 1. The average molecular weight is 494 g/mol. The highest BCUT2D eigenvalue weighted by Gasteiger charge is 2.35. The van der Waals surface area contributed by atoms with Gasteiger partial charge in [0.1, 0.15) is 11.8 Å². The maximum atomic E-state index is 13.2. The van der Waals surface area contributed by atoms with Gasteiger partial charge in [-0.25, -0.2) is 0 Å². The molecule has 0 unspecified atom stereocenters. The van der Waals surface area contributed by atoms with E-state index >= 15 is 0 Å². The van der Waals surface area contributed by atoms with Crippen LogP contribution in [0.1, 0.15) is 17.5 Å². The van der Waals surface area contributed by atoms with E-state index in [1.54, 1.807) is 12.0 Å². The van der Waals surface area contributed by atoms with Crippen molar-refractivity contribution in [3.8, 4) is 5.75 Å². The minimum atomic E-state index is -0.812. The predicted molar refractivity (Wildman–Crippen MR) is 139 cm³/mol. The van der Waals surface area contributed by atoms with Crippen LogP contribution in [-0.4, -0.2) is 86.5 Å². The van der Waals surface area contributed by atoms with Crippen LogP contribution >= 0.6 is 0 Å². The second-order valence-corrected chi connectivity index (χ2v) is 9.38. The molecule has 9 nitrogen and oxygen atoms in total. The summed E-state index contributed by atoms with van der Waals surface area (Å²) in [7, 11) is 1.67. The van der Waals surface area contributed by atoms with Crippen molar-refractivity contribution >= 4 is 29.1 Å². The smallest absolute Gasteiger partial charge is 0.243 e. The number of amides is 3. The number of rotatable bonds is 7. The molecular weight excluding hydrogens is 458 g/mol. The Kier molecular flexibility index (Phi) is 8.10. The van der Waals surface area contributed by atoms with Crippen LogP contribution in [0, 0.1) is 13.8 Å². The van der Waals surface area contributed by atoms with Gasteiger partial charge in [-0.05, 0) is 49.2 Å². The Hall–Kier alpha value is -3.59. The Morgan fingerprint density at radius 3 is 2.50 bits per heavy atom. The lowest BCUT2D eigenvalue weighted by Gasteiger charge is -2.39. The highest BCUT2D eigenvalue weighted by Crippen LogP contribution is 2.28. The van der Waals surface area contributed by atoms with Crippen molar-refractivity contribution in [3.05, 3.63) is 53.6 Å². The minimum Gasteiger partial charge on any atom is -0.495 e. The molecule has 2 aliphatic rings. The lowest BCUT2D eigenvalue weighted by molar-refractivity contribution is -0.145. The van der Waals surface area contributed by atoms with Crippen LogP contribution < -0.4 is 20.3 Å². The molecule has 0 aromatic heterocycles. The number of nitrogens with one attached hydrogen (secondary N) is 2. The first-order valence-corrected chi connectivity index (χ1v) is 12.4. The maximum absolute atomic E-state index is 13.2. The van der Waals surface area contributed by atoms with Crippen molar-refractivity contribution in [3.63, 3.8) is 0 Å². The number of anilines is 2. The van der Waals surface area contributed by atoms with E-state index in [1.807, 2.05) is 56.3 Å². The number of hydrogen-bond donors (Lipinski definition) is 2. The zero-order valence-corrected chi connectivity index (χ0v) is 21.3. The molecule has 2 aromatic carbocycles. The Bertz CT molecular complexity index is 1110. The van der Waals surface area contributed by atoms with Gasteiger partial charge in [-0.1, -0.05) is 18.2 Å². The van der Waals surface area contributed by atoms with Crippen molar-refractivity contribution in [2.24, 2.45) is 0 Å². The topological polar surface area (TPSA) is 94.2 Å². The lowest BCUT2D eigenvalue weighted by Crippen LogP contribution is -2.60. The summed E-state index contributed by atoms with van der Waals surface area (Å²) in [5.41, 5.74) is 3.95. The lowest BCUT2D eigenvalue weighted by atomic mass is 10.1. The Morgan fingerprint density at radius 1 is 1.03 bits per heavy atom. The van der Waals surface area contributed by atoms with E-state index in [-0.39, 0.29) is 30.7 Å². The molecular formula is C27H35N5O4. The summed E-state index contributed by atoms with van der Waals surface area (Å²) >= 11 is 0. The zero-order valence-electron chi connectivity index (χ0n) is 21.3. The third kappa shape index (κ3) is 5.96. The molecule has 0 radical (unpaired) electrons. The molecule has 9 heteroatoms. The summed E-state index contributed by atoms with van der Waals surface area (Å²) in [5, 5.41) is 5.66. The second-order valence-electron chi connectivity index (χ2n) is 9.38. The Labute approximate surface area is 212 Å². The minimum absolute atomic E-state index is 0.0773. The number of para-hydroxylation sites is 2. The number of hydrogen-bond acceptors (Lipinski definition) is 6. The zero-order chi connectivity index (χ0) is 25.7. The molecule has 4 rings (SSSR count). The summed E-state index contributed by atoms with van der Waals surface area (Å²) in [4.78, 5) is 44.5. The van der Waals surface area contributed by atoms with Crippen LogP contribution in [0.4, 0.5) is 11.4 Å². The van der Waals surface area contributed by atoms with Gasteiger partial charge in [0.2, 0.25) is 17.7 Å². The van der Waals surface area contributed by atoms with E-state index in [2.05, 4.69) is 20.4 Å². The van der Waals surface area contributed by atoms with Gasteiger partial charge in [-0.2, -0.15) is 0 Å². The van der Waals surface area contributed by atoms with Gasteiger partial charge in [0.05, 0.1) is 25.8 Å². The molecule has 2 aromatic rings. The fourth-order valence-corrected chi connectivity index (χ4v) is 4.74. The number of benzene rings is 2. The first kappa shape index (κ1) is 25.5. The summed E-state index contributed by atoms with van der Waals surface area (Å²) < 4.78 is 5.48. The second kappa shape index (κ2) is 11.4. The van der Waals surface area contributed by atoms with Crippen LogP contribution in [0.3, 0.4) is 0 Å². The molecule has 2 fully saturated rings. The van der Waals surface area contributed by atoms with Crippen LogP contribution in [0.25, 0.3) is 0 Å². The van der Waals surface area contributed by atoms with Crippen LogP contribution in [-0.2, 0) is 14.4 Å². The van der Waals surface area contributed by atoms with Crippen molar-refractivity contribution in [2.45, 2.75) is 26.3 Å². The molecule has 0 aliphatic carbocycles. The molecule has 0 saturated carbocycles. The van der Waals surface area contributed by atoms with Crippen LogP contribution in [0.5, 0.6) is 5.75 Å². The first-order valence-electron chi connectivity index (χ1n) is 12.4. The van der Waals surface area contributed by atoms with Gasteiger partial charge in [0.15, 0.2) is 0 Å². The summed E-state index contributed by atoms with van der Waals surface area (Å²) in [6.45, 7) is 8.00. The molecule has 0 bridgehead atoms. The summed E-state index contributed by atoms with van der Waals surface area (Å²) in [6, 6.07) is 12.8. The Balaban J connectivity index is 1.33. The van der Waals surface area contributed by atoms with Crippen LogP contribution in [0.15, 0.2) is 42.5 Å². The summed E-state index contributed by atoms with van der Waals surface area (Å²) in [5.74, 6) is 0.136. The molecule has 2 heterocycles. The first-order chi connectivity index (χ1) is 17.4. The molecule has 2 aliphatic heterocycles. The number of aryl methyl sites for hydroxylation is 2. The van der Waals surface area contributed by atoms with Gasteiger partial charge in [0, 0.05) is 45.0 Å². The molecule has 3 amide bonds. The fraction of sp³-hybridized carbons (Fsp3) is 0.444. The highest BCUT2D eigenvalue weighted by molar-refractivity contribution is 5.97. The molecule has 2 N–H and O–H groups in total. The van der Waals surface area contributed by atoms with Crippen molar-refractivity contribution in [2.75, 3.05) is 63.1 Å². The fourth-order valence-electron chi connectivity index (χ4n) is 4.74. The maximum Gasteiger partial charge on any atom is 0.243 e. The van der Waals surface area contributed by atoms with E-state index in [9.17, 15) is 14.4 Å². The van der Waals surface area contributed by atoms with Gasteiger partial charge >= 0.3 is 0 Å². The number of carbonyl (C=O) groups is 3. The van der Waals surface area contributed by atoms with Gasteiger partial charge < -0.3 is 25.2 Å². The standard InChI is InChI=1S/C27H35N5O4/c1-19-8-9-21(16-20(19)2)29-25(33)17-23-27(35)28-10-11-32(23)26(34)18-30-12-14-31(15-13-30)22-6-4-5-7-24(22)36-3/h4-9,16,23H,10-15,17-18H2,1-3H3,(H,28,35)(H,29,33)/t23-/m0/s1. The van der Waals surface area contributed by atoms with Crippen molar-refractivity contribution in [1.82, 2.24) is 15.1 Å². The molecule has 0 spiro atoms. The van der Waals surface area contributed by atoms with E-state index in [0.29, 0.717) is 18.8 Å². The normalized spacial score (nSPS) is 18.5. The van der Waals surface area contributed by atoms with E-state index < -0.39 is 6.04 Å².